The van der Waals surface area contributed by atoms with E-state index in [2.05, 4.69) is 19.0 Å². The van der Waals surface area contributed by atoms with Gasteiger partial charge in [0, 0.05) is 13.0 Å². The lowest BCUT2D eigenvalue weighted by molar-refractivity contribution is -0.134. The quantitative estimate of drug-likeness (QED) is 0.339. The molecule has 1 fully saturated rings. The van der Waals surface area contributed by atoms with E-state index >= 15 is 0 Å². The molecule has 0 radical (unpaired) electrons. The topological polar surface area (TPSA) is 78.9 Å². The number of carbonyl (C=O) groups excluding carboxylic acids is 1. The number of hydrogen-bond donors (Lipinski definition) is 2. The maximum absolute atomic E-state index is 12.1. The number of amidine groups is 1. The van der Waals surface area contributed by atoms with E-state index in [9.17, 15) is 4.79 Å². The van der Waals surface area contributed by atoms with Gasteiger partial charge in [-0.3, -0.25) is 4.79 Å². The van der Waals surface area contributed by atoms with Crippen molar-refractivity contribution in [1.29, 1.82) is 0 Å². The van der Waals surface area contributed by atoms with Gasteiger partial charge in [0.25, 0.3) is 0 Å². The number of nitrogens with zero attached hydrogens (tertiary/aromatic N) is 2. The van der Waals surface area contributed by atoms with Gasteiger partial charge >= 0.3 is 0 Å². The lowest BCUT2D eigenvalue weighted by atomic mass is 9.98. The van der Waals surface area contributed by atoms with Crippen molar-refractivity contribution in [3.8, 4) is 0 Å². The zero-order chi connectivity index (χ0) is 12.8. The Hall–Kier alpha value is -1.26. The highest BCUT2D eigenvalue weighted by atomic mass is 16.4. The summed E-state index contributed by atoms with van der Waals surface area (Å²) in [5.41, 5.74) is 5.65. The molecule has 1 saturated heterocycles. The standard InChI is InChI=1S/C12H23N3O2/c1-3-9(2)8-11(16)15-7-5-4-6-10(15)12(13)14-17/h9-10,17H,3-8H2,1-2H3,(H2,13,14). The summed E-state index contributed by atoms with van der Waals surface area (Å²) in [7, 11) is 0. The van der Waals surface area contributed by atoms with Crippen LogP contribution in [0.5, 0.6) is 0 Å². The van der Waals surface area contributed by atoms with Gasteiger partial charge in [-0.2, -0.15) is 0 Å². The molecule has 0 aromatic heterocycles. The Morgan fingerprint density at radius 2 is 2.29 bits per heavy atom. The molecule has 1 aliphatic rings. The molecule has 0 saturated carbocycles. The number of amides is 1. The van der Waals surface area contributed by atoms with Crippen LogP contribution >= 0.6 is 0 Å². The van der Waals surface area contributed by atoms with Crippen molar-refractivity contribution >= 4 is 11.7 Å². The van der Waals surface area contributed by atoms with Crippen LogP contribution in [0.25, 0.3) is 0 Å². The highest BCUT2D eigenvalue weighted by Gasteiger charge is 2.29. The SMILES string of the molecule is CCC(C)CC(=O)N1CCCCC1C(N)=NO. The number of carbonyl (C=O) groups is 1. The summed E-state index contributed by atoms with van der Waals surface area (Å²) in [5.74, 6) is 0.662. The first-order valence-electron chi connectivity index (χ1n) is 6.37. The zero-order valence-corrected chi connectivity index (χ0v) is 10.7. The number of oxime groups is 1. The molecule has 0 aromatic carbocycles. The highest BCUT2D eigenvalue weighted by Crippen LogP contribution is 2.20. The predicted octanol–water partition coefficient (Wildman–Crippen LogP) is 1.55. The molecule has 1 amide bonds. The van der Waals surface area contributed by atoms with Gasteiger partial charge in [0.15, 0.2) is 5.84 Å². The summed E-state index contributed by atoms with van der Waals surface area (Å²) in [5, 5.41) is 11.8. The summed E-state index contributed by atoms with van der Waals surface area (Å²) < 4.78 is 0. The second-order valence-electron chi connectivity index (χ2n) is 4.84. The molecule has 5 heteroatoms. The largest absolute Gasteiger partial charge is 0.409 e. The normalized spacial score (nSPS) is 23.5. The maximum Gasteiger partial charge on any atom is 0.223 e. The Labute approximate surface area is 103 Å². The average molecular weight is 241 g/mol. The van der Waals surface area contributed by atoms with Crippen molar-refractivity contribution in [2.24, 2.45) is 16.8 Å². The molecule has 98 valence electrons. The van der Waals surface area contributed by atoms with E-state index in [4.69, 9.17) is 10.9 Å². The van der Waals surface area contributed by atoms with Gasteiger partial charge in [0.2, 0.25) is 5.91 Å². The minimum absolute atomic E-state index is 0.121. The van der Waals surface area contributed by atoms with Crippen molar-refractivity contribution in [3.05, 3.63) is 0 Å². The Morgan fingerprint density at radius 3 is 2.88 bits per heavy atom. The smallest absolute Gasteiger partial charge is 0.223 e. The number of likely N-dealkylation sites (tertiary alicyclic amines) is 1. The molecule has 2 unspecified atom stereocenters. The first-order chi connectivity index (χ1) is 8.10. The van der Waals surface area contributed by atoms with E-state index in [0.717, 1.165) is 32.2 Å². The molecule has 3 N–H and O–H groups in total. The van der Waals surface area contributed by atoms with Crippen molar-refractivity contribution < 1.29 is 10.0 Å². The molecular weight excluding hydrogens is 218 g/mol. The summed E-state index contributed by atoms with van der Waals surface area (Å²) in [6.45, 7) is 4.87. The number of nitrogens with two attached hydrogens (primary N) is 1. The van der Waals surface area contributed by atoms with Crippen LogP contribution < -0.4 is 5.73 Å². The van der Waals surface area contributed by atoms with Crippen LogP contribution in [0.2, 0.25) is 0 Å². The van der Waals surface area contributed by atoms with Crippen molar-refractivity contribution in [2.75, 3.05) is 6.54 Å². The Kier molecular flexibility index (Phi) is 5.25. The first kappa shape index (κ1) is 13.8. The second-order valence-corrected chi connectivity index (χ2v) is 4.84. The van der Waals surface area contributed by atoms with E-state index in [-0.39, 0.29) is 17.8 Å². The fraction of sp³-hybridized carbons (Fsp3) is 0.833. The fourth-order valence-corrected chi connectivity index (χ4v) is 2.16. The molecule has 0 spiro atoms. The van der Waals surface area contributed by atoms with Crippen LogP contribution in [0, 0.1) is 5.92 Å². The lowest BCUT2D eigenvalue weighted by Crippen LogP contribution is -2.50. The van der Waals surface area contributed by atoms with E-state index in [1.54, 1.807) is 4.90 Å². The molecule has 2 atom stereocenters. The Balaban J connectivity index is 2.67. The average Bonchev–Trinajstić information content (AvgIpc) is 2.37. The third-order valence-corrected chi connectivity index (χ3v) is 3.50. The minimum atomic E-state index is -0.217. The maximum atomic E-state index is 12.1. The predicted molar refractivity (Wildman–Crippen MR) is 66.8 cm³/mol. The van der Waals surface area contributed by atoms with Crippen molar-refractivity contribution in [1.82, 2.24) is 4.90 Å². The third kappa shape index (κ3) is 3.61. The van der Waals surface area contributed by atoms with Gasteiger partial charge in [-0.15, -0.1) is 0 Å². The first-order valence-corrected chi connectivity index (χ1v) is 6.37. The van der Waals surface area contributed by atoms with Gasteiger partial charge in [0.05, 0.1) is 6.04 Å². The molecule has 0 aliphatic carbocycles. The van der Waals surface area contributed by atoms with Crippen LogP contribution in [-0.4, -0.2) is 34.4 Å². The molecule has 1 heterocycles. The van der Waals surface area contributed by atoms with Crippen molar-refractivity contribution in [3.63, 3.8) is 0 Å². The minimum Gasteiger partial charge on any atom is -0.409 e. The molecule has 1 aliphatic heterocycles. The molecule has 1 rings (SSSR count). The van der Waals surface area contributed by atoms with E-state index in [0.29, 0.717) is 12.3 Å². The van der Waals surface area contributed by atoms with Gasteiger partial charge in [0.1, 0.15) is 0 Å². The van der Waals surface area contributed by atoms with E-state index in [1.807, 2.05) is 0 Å². The second kappa shape index (κ2) is 6.47. The summed E-state index contributed by atoms with van der Waals surface area (Å²) in [4.78, 5) is 13.9. The van der Waals surface area contributed by atoms with Gasteiger partial charge in [-0.25, -0.2) is 0 Å². The molecule has 0 bridgehead atoms. The summed E-state index contributed by atoms with van der Waals surface area (Å²) in [6.07, 6.45) is 4.36. The molecule has 17 heavy (non-hydrogen) atoms. The fourth-order valence-electron chi connectivity index (χ4n) is 2.16. The zero-order valence-electron chi connectivity index (χ0n) is 10.7. The lowest BCUT2D eigenvalue weighted by Gasteiger charge is -2.35. The van der Waals surface area contributed by atoms with Gasteiger partial charge in [-0.1, -0.05) is 25.4 Å². The third-order valence-electron chi connectivity index (χ3n) is 3.50. The molecular formula is C12H23N3O2. The molecule has 0 aromatic rings. The number of rotatable bonds is 4. The number of hydrogen-bond acceptors (Lipinski definition) is 3. The Morgan fingerprint density at radius 1 is 1.59 bits per heavy atom. The van der Waals surface area contributed by atoms with Crippen LogP contribution in [0.3, 0.4) is 0 Å². The van der Waals surface area contributed by atoms with E-state index < -0.39 is 0 Å². The van der Waals surface area contributed by atoms with E-state index in [1.165, 1.54) is 0 Å². The Bertz CT molecular complexity index is 291. The van der Waals surface area contributed by atoms with Crippen LogP contribution in [0.4, 0.5) is 0 Å². The van der Waals surface area contributed by atoms with Crippen molar-refractivity contribution in [2.45, 2.75) is 52.0 Å². The van der Waals surface area contributed by atoms with Crippen LogP contribution in [-0.2, 0) is 4.79 Å². The van der Waals surface area contributed by atoms with Gasteiger partial charge < -0.3 is 15.8 Å². The van der Waals surface area contributed by atoms with Crippen LogP contribution in [0.1, 0.15) is 46.0 Å². The summed E-state index contributed by atoms with van der Waals surface area (Å²) in [6, 6.07) is -0.217. The monoisotopic (exact) mass is 241 g/mol. The van der Waals surface area contributed by atoms with Crippen LogP contribution in [0.15, 0.2) is 5.16 Å². The molecule has 5 nitrogen and oxygen atoms in total. The van der Waals surface area contributed by atoms with Gasteiger partial charge in [-0.05, 0) is 25.2 Å². The number of piperidine rings is 1. The highest BCUT2D eigenvalue weighted by molar-refractivity contribution is 5.90. The summed E-state index contributed by atoms with van der Waals surface area (Å²) >= 11 is 0.